The number of benzene rings is 1. The van der Waals surface area contributed by atoms with Gasteiger partial charge in [-0.3, -0.25) is 4.79 Å². The Hall–Kier alpha value is -3.20. The summed E-state index contributed by atoms with van der Waals surface area (Å²) in [7, 11) is 1.01. The molecule has 0 radical (unpaired) electrons. The molecular formula is C21H18F6N4O3S2. The van der Waals surface area contributed by atoms with Crippen molar-refractivity contribution in [3.05, 3.63) is 40.4 Å². The summed E-state index contributed by atoms with van der Waals surface area (Å²) < 4.78 is 85.1. The van der Waals surface area contributed by atoms with Crippen molar-refractivity contribution >= 4 is 50.5 Å². The Morgan fingerprint density at radius 1 is 0.944 bits per heavy atom. The van der Waals surface area contributed by atoms with E-state index in [4.69, 9.17) is 0 Å². The standard InChI is InChI=1S/C21H18F6N4O3S2/c1-19(2,3)16(33)31-18-30-14(21(25,26)27)13(36-18)12-8-35-17(29-12)28-11-6-9(15(32)34-4)5-10(7-11)20(22,23)24/h5-8H,1-4H3,(H,28,29)(H,30,31,33). The van der Waals surface area contributed by atoms with Crippen molar-refractivity contribution in [2.24, 2.45) is 5.41 Å². The third-order valence-corrected chi connectivity index (χ3v) is 6.22. The van der Waals surface area contributed by atoms with Gasteiger partial charge in [0.15, 0.2) is 16.0 Å². The third kappa shape index (κ3) is 6.32. The number of hydrogen-bond acceptors (Lipinski definition) is 8. The van der Waals surface area contributed by atoms with Gasteiger partial charge < -0.3 is 15.4 Å². The Kier molecular flexibility index (Phi) is 7.37. The zero-order valence-electron chi connectivity index (χ0n) is 19.0. The summed E-state index contributed by atoms with van der Waals surface area (Å²) in [5.41, 5.74) is -3.98. The molecule has 2 aromatic heterocycles. The fourth-order valence-corrected chi connectivity index (χ4v) is 4.42. The average molecular weight is 553 g/mol. The molecule has 0 aliphatic carbocycles. The van der Waals surface area contributed by atoms with Crippen LogP contribution in [0.5, 0.6) is 0 Å². The second-order valence-electron chi connectivity index (χ2n) is 8.35. The van der Waals surface area contributed by atoms with Crippen LogP contribution in [0, 0.1) is 5.41 Å². The molecule has 0 fully saturated rings. The highest BCUT2D eigenvalue weighted by Crippen LogP contribution is 2.43. The van der Waals surface area contributed by atoms with Gasteiger partial charge in [0.1, 0.15) is 0 Å². The Morgan fingerprint density at radius 2 is 1.61 bits per heavy atom. The fourth-order valence-electron chi connectivity index (χ4n) is 2.68. The first-order valence-electron chi connectivity index (χ1n) is 9.92. The van der Waals surface area contributed by atoms with Gasteiger partial charge in [-0.1, -0.05) is 32.1 Å². The predicted octanol–water partition coefficient (Wildman–Crippen LogP) is 6.82. The number of ether oxygens (including phenoxy) is 1. The number of esters is 1. The van der Waals surface area contributed by atoms with Crippen molar-refractivity contribution < 1.29 is 40.7 Å². The van der Waals surface area contributed by atoms with Gasteiger partial charge in [-0.05, 0) is 18.2 Å². The summed E-state index contributed by atoms with van der Waals surface area (Å²) in [5.74, 6) is -1.54. The molecule has 7 nitrogen and oxygen atoms in total. The molecular weight excluding hydrogens is 534 g/mol. The smallest absolute Gasteiger partial charge is 0.434 e. The summed E-state index contributed by atoms with van der Waals surface area (Å²) in [6.07, 6.45) is -9.63. The van der Waals surface area contributed by atoms with Gasteiger partial charge >= 0.3 is 18.3 Å². The van der Waals surface area contributed by atoms with Crippen LogP contribution in [0.4, 0.5) is 42.3 Å². The van der Waals surface area contributed by atoms with Crippen LogP contribution in [0.3, 0.4) is 0 Å². The molecule has 0 spiro atoms. The Bertz CT molecular complexity index is 1290. The molecule has 0 saturated heterocycles. The van der Waals surface area contributed by atoms with E-state index in [2.05, 4.69) is 25.3 Å². The topological polar surface area (TPSA) is 93.2 Å². The zero-order valence-corrected chi connectivity index (χ0v) is 20.6. The van der Waals surface area contributed by atoms with Crippen LogP contribution in [0.2, 0.25) is 0 Å². The first-order chi connectivity index (χ1) is 16.5. The van der Waals surface area contributed by atoms with Crippen LogP contribution in [0.1, 0.15) is 42.4 Å². The number of carbonyl (C=O) groups is 2. The number of nitrogens with zero attached hydrogens (tertiary/aromatic N) is 2. The Balaban J connectivity index is 1.96. The number of halogens is 6. The van der Waals surface area contributed by atoms with Crippen molar-refractivity contribution in [2.45, 2.75) is 33.1 Å². The number of methoxy groups -OCH3 is 1. The Morgan fingerprint density at radius 3 is 2.17 bits per heavy atom. The highest BCUT2D eigenvalue weighted by Gasteiger charge is 2.39. The van der Waals surface area contributed by atoms with E-state index < -0.39 is 40.9 Å². The maximum Gasteiger partial charge on any atom is 0.434 e. The predicted molar refractivity (Wildman–Crippen MR) is 122 cm³/mol. The second kappa shape index (κ2) is 9.69. The van der Waals surface area contributed by atoms with Crippen LogP contribution >= 0.6 is 22.7 Å². The van der Waals surface area contributed by atoms with Crippen LogP contribution in [-0.4, -0.2) is 29.0 Å². The Labute approximate surface area is 208 Å². The summed E-state index contributed by atoms with van der Waals surface area (Å²) in [6, 6.07) is 2.43. The van der Waals surface area contributed by atoms with Crippen LogP contribution in [0.15, 0.2) is 23.6 Å². The highest BCUT2D eigenvalue weighted by molar-refractivity contribution is 7.20. The second-order valence-corrected chi connectivity index (χ2v) is 10.2. The number of alkyl halides is 6. The molecule has 0 bridgehead atoms. The number of hydrogen-bond donors (Lipinski definition) is 2. The van der Waals surface area contributed by atoms with E-state index in [1.165, 1.54) is 5.38 Å². The monoisotopic (exact) mass is 552 g/mol. The molecule has 0 aliphatic rings. The van der Waals surface area contributed by atoms with E-state index in [9.17, 15) is 35.9 Å². The quantitative estimate of drug-likeness (QED) is 0.267. The van der Waals surface area contributed by atoms with E-state index >= 15 is 0 Å². The first-order valence-corrected chi connectivity index (χ1v) is 11.6. The molecule has 194 valence electrons. The SMILES string of the molecule is COC(=O)c1cc(Nc2nc(-c3sc(NC(=O)C(C)(C)C)nc3C(F)(F)F)cs2)cc(C(F)(F)F)c1. The lowest BCUT2D eigenvalue weighted by Crippen LogP contribution is -2.27. The summed E-state index contributed by atoms with van der Waals surface area (Å²) in [5, 5.41) is 5.87. The first kappa shape index (κ1) is 27.4. The number of thiazole rings is 2. The molecule has 1 amide bonds. The number of nitrogens with one attached hydrogen (secondary N) is 2. The van der Waals surface area contributed by atoms with Crippen LogP contribution < -0.4 is 10.6 Å². The highest BCUT2D eigenvalue weighted by atomic mass is 32.1. The number of carbonyl (C=O) groups excluding carboxylic acids is 2. The van der Waals surface area contributed by atoms with Crippen LogP contribution in [-0.2, 0) is 21.9 Å². The van der Waals surface area contributed by atoms with Gasteiger partial charge in [0.25, 0.3) is 0 Å². The van der Waals surface area contributed by atoms with Gasteiger partial charge in [-0.15, -0.1) is 11.3 Å². The van der Waals surface area contributed by atoms with E-state index in [0.717, 1.165) is 30.6 Å². The molecule has 2 heterocycles. The van der Waals surface area contributed by atoms with Crippen molar-refractivity contribution in [3.63, 3.8) is 0 Å². The number of aromatic nitrogens is 2. The maximum absolute atomic E-state index is 13.6. The van der Waals surface area contributed by atoms with E-state index in [-0.39, 0.29) is 32.1 Å². The number of rotatable bonds is 5. The average Bonchev–Trinajstić information content (AvgIpc) is 3.38. The van der Waals surface area contributed by atoms with Crippen molar-refractivity contribution in [1.82, 2.24) is 9.97 Å². The molecule has 0 atom stereocenters. The normalized spacial score (nSPS) is 12.4. The molecule has 0 aliphatic heterocycles. The minimum absolute atomic E-state index is 0.0399. The van der Waals surface area contributed by atoms with E-state index in [1.807, 2.05) is 0 Å². The minimum atomic E-state index is -4.86. The third-order valence-electron chi connectivity index (χ3n) is 4.47. The summed E-state index contributed by atoms with van der Waals surface area (Å²) in [4.78, 5) is 31.1. The number of amides is 1. The molecule has 0 saturated carbocycles. The molecule has 2 N–H and O–H groups in total. The summed E-state index contributed by atoms with van der Waals surface area (Å²) >= 11 is 1.39. The van der Waals surface area contributed by atoms with Crippen molar-refractivity contribution in [2.75, 3.05) is 17.7 Å². The maximum atomic E-state index is 13.6. The van der Waals surface area contributed by atoms with Crippen molar-refractivity contribution in [3.8, 4) is 10.6 Å². The van der Waals surface area contributed by atoms with E-state index in [1.54, 1.807) is 20.8 Å². The van der Waals surface area contributed by atoms with Gasteiger partial charge in [0.2, 0.25) is 5.91 Å². The van der Waals surface area contributed by atoms with Gasteiger partial charge in [0.05, 0.1) is 28.8 Å². The lowest BCUT2D eigenvalue weighted by molar-refractivity contribution is -0.140. The lowest BCUT2D eigenvalue weighted by atomic mass is 9.96. The zero-order chi connectivity index (χ0) is 27.1. The molecule has 36 heavy (non-hydrogen) atoms. The van der Waals surface area contributed by atoms with Crippen molar-refractivity contribution in [1.29, 1.82) is 0 Å². The lowest BCUT2D eigenvalue weighted by Gasteiger charge is -2.15. The molecule has 1 aromatic carbocycles. The summed E-state index contributed by atoms with van der Waals surface area (Å²) in [6.45, 7) is 4.75. The molecule has 15 heteroatoms. The van der Waals surface area contributed by atoms with Gasteiger partial charge in [-0.2, -0.15) is 26.3 Å². The van der Waals surface area contributed by atoms with E-state index in [0.29, 0.717) is 17.4 Å². The molecule has 3 rings (SSSR count). The fraction of sp³-hybridized carbons (Fsp3) is 0.333. The van der Waals surface area contributed by atoms with Gasteiger partial charge in [0, 0.05) is 16.5 Å². The minimum Gasteiger partial charge on any atom is -0.465 e. The van der Waals surface area contributed by atoms with Gasteiger partial charge in [-0.25, -0.2) is 14.8 Å². The largest absolute Gasteiger partial charge is 0.465 e. The number of anilines is 3. The molecule has 0 unspecified atom stereocenters. The molecule has 3 aromatic rings. The van der Waals surface area contributed by atoms with Crippen LogP contribution in [0.25, 0.3) is 10.6 Å².